The maximum Gasteiger partial charge on any atom is 0.254 e. The van der Waals surface area contributed by atoms with Crippen molar-refractivity contribution in [1.82, 2.24) is 30.1 Å². The van der Waals surface area contributed by atoms with Crippen LogP contribution < -0.4 is 5.32 Å². The van der Waals surface area contributed by atoms with Gasteiger partial charge in [0.1, 0.15) is 0 Å². The maximum absolute atomic E-state index is 12.2. The molecular formula is C17H20N6O2S. The van der Waals surface area contributed by atoms with Gasteiger partial charge in [0.2, 0.25) is 11.7 Å². The second-order valence-electron chi connectivity index (χ2n) is 6.45. The summed E-state index contributed by atoms with van der Waals surface area (Å²) < 4.78 is 7.00. The van der Waals surface area contributed by atoms with Gasteiger partial charge in [0, 0.05) is 43.3 Å². The van der Waals surface area contributed by atoms with E-state index in [1.54, 1.807) is 35.5 Å². The Balaban J connectivity index is 1.27. The lowest BCUT2D eigenvalue weighted by Crippen LogP contribution is -2.44. The topological polar surface area (TPSA) is 89.1 Å². The van der Waals surface area contributed by atoms with Crippen molar-refractivity contribution >= 4 is 17.2 Å². The van der Waals surface area contributed by atoms with Crippen molar-refractivity contribution in [2.24, 2.45) is 7.05 Å². The summed E-state index contributed by atoms with van der Waals surface area (Å²) in [5.41, 5.74) is 1.59. The number of aromatic nitrogens is 4. The summed E-state index contributed by atoms with van der Waals surface area (Å²) >= 11 is 1.61. The second kappa shape index (κ2) is 7.38. The van der Waals surface area contributed by atoms with Crippen LogP contribution in [0.5, 0.6) is 0 Å². The zero-order chi connectivity index (χ0) is 17.9. The Labute approximate surface area is 154 Å². The quantitative estimate of drug-likeness (QED) is 0.736. The Morgan fingerprint density at radius 2 is 2.27 bits per heavy atom. The van der Waals surface area contributed by atoms with Crippen LogP contribution in [0.1, 0.15) is 29.1 Å². The maximum atomic E-state index is 12.2. The molecule has 0 bridgehead atoms. The number of carbonyl (C=O) groups is 1. The van der Waals surface area contributed by atoms with Gasteiger partial charge in [-0.25, -0.2) is 0 Å². The van der Waals surface area contributed by atoms with Crippen LogP contribution in [0, 0.1) is 0 Å². The van der Waals surface area contributed by atoms with E-state index in [1.165, 1.54) is 0 Å². The molecule has 1 aliphatic rings. The van der Waals surface area contributed by atoms with Gasteiger partial charge in [0.05, 0.1) is 18.3 Å². The van der Waals surface area contributed by atoms with Crippen LogP contribution in [0.15, 0.2) is 33.7 Å². The summed E-state index contributed by atoms with van der Waals surface area (Å²) in [5.74, 6) is 1.21. The van der Waals surface area contributed by atoms with Gasteiger partial charge in [-0.1, -0.05) is 5.16 Å². The molecule has 9 heteroatoms. The van der Waals surface area contributed by atoms with Gasteiger partial charge in [0.15, 0.2) is 0 Å². The molecule has 0 atom stereocenters. The number of hydrogen-bond donors (Lipinski definition) is 1. The van der Waals surface area contributed by atoms with Gasteiger partial charge < -0.3 is 9.84 Å². The lowest BCUT2D eigenvalue weighted by Gasteiger charge is -2.31. The highest BCUT2D eigenvalue weighted by atomic mass is 32.1. The molecule has 0 aliphatic carbocycles. The van der Waals surface area contributed by atoms with Gasteiger partial charge in [0.25, 0.3) is 5.91 Å². The van der Waals surface area contributed by atoms with Crippen LogP contribution in [0.4, 0.5) is 0 Å². The molecule has 1 saturated heterocycles. The fourth-order valence-electron chi connectivity index (χ4n) is 3.06. The first-order valence-electron chi connectivity index (χ1n) is 8.54. The fraction of sp³-hybridized carbons (Fsp3) is 0.412. The molecule has 26 heavy (non-hydrogen) atoms. The molecule has 1 N–H and O–H groups in total. The average molecular weight is 372 g/mol. The van der Waals surface area contributed by atoms with E-state index in [2.05, 4.69) is 25.5 Å². The van der Waals surface area contributed by atoms with Crippen molar-refractivity contribution in [3.8, 4) is 11.4 Å². The second-order valence-corrected chi connectivity index (χ2v) is 7.23. The molecule has 0 spiro atoms. The smallest absolute Gasteiger partial charge is 0.254 e. The standard InChI is InChI=1S/C17H20N6O2S/c1-22-9-13(8-18-22)17(24)19-14-2-5-23(6-3-14)10-15-20-16(21-25-15)12-4-7-26-11-12/h4,7-9,11,14H,2-3,5-6,10H2,1H3,(H,19,24). The average Bonchev–Trinajstić information content (AvgIpc) is 3.37. The molecule has 8 nitrogen and oxygen atoms in total. The van der Waals surface area contributed by atoms with Crippen LogP contribution in [0.3, 0.4) is 0 Å². The molecule has 0 unspecified atom stereocenters. The van der Waals surface area contributed by atoms with Gasteiger partial charge >= 0.3 is 0 Å². The third kappa shape index (κ3) is 3.83. The number of nitrogens with zero attached hydrogens (tertiary/aromatic N) is 5. The van der Waals surface area contributed by atoms with E-state index in [9.17, 15) is 4.79 Å². The molecule has 1 aliphatic heterocycles. The molecule has 3 aromatic heterocycles. The van der Waals surface area contributed by atoms with Gasteiger partial charge in [-0.15, -0.1) is 0 Å². The minimum atomic E-state index is -0.0612. The molecule has 1 amide bonds. The van der Waals surface area contributed by atoms with E-state index in [0.29, 0.717) is 23.8 Å². The summed E-state index contributed by atoms with van der Waals surface area (Å²) in [6.07, 6.45) is 5.12. The third-order valence-corrected chi connectivity index (χ3v) is 5.18. The summed E-state index contributed by atoms with van der Waals surface area (Å²) in [6.45, 7) is 2.41. The number of amides is 1. The van der Waals surface area contributed by atoms with Crippen LogP contribution in [0.2, 0.25) is 0 Å². The minimum absolute atomic E-state index is 0.0612. The highest BCUT2D eigenvalue weighted by molar-refractivity contribution is 7.08. The van der Waals surface area contributed by atoms with Gasteiger partial charge in [-0.3, -0.25) is 14.4 Å². The predicted octanol–water partition coefficient (Wildman–Crippen LogP) is 1.93. The number of piperidine rings is 1. The molecule has 3 aromatic rings. The summed E-state index contributed by atoms with van der Waals surface area (Å²) in [7, 11) is 1.80. The molecular weight excluding hydrogens is 352 g/mol. The predicted molar refractivity (Wildman–Crippen MR) is 96.6 cm³/mol. The number of aryl methyl sites for hydroxylation is 1. The van der Waals surface area contributed by atoms with E-state index in [1.807, 2.05) is 16.8 Å². The molecule has 4 heterocycles. The number of carbonyl (C=O) groups excluding carboxylic acids is 1. The monoisotopic (exact) mass is 372 g/mol. The van der Waals surface area contributed by atoms with Crippen LogP contribution in [0.25, 0.3) is 11.4 Å². The van der Waals surface area contributed by atoms with Crippen molar-refractivity contribution in [1.29, 1.82) is 0 Å². The highest BCUT2D eigenvalue weighted by Crippen LogP contribution is 2.20. The van der Waals surface area contributed by atoms with E-state index < -0.39 is 0 Å². The first-order valence-corrected chi connectivity index (χ1v) is 9.48. The molecule has 136 valence electrons. The lowest BCUT2D eigenvalue weighted by atomic mass is 10.0. The van der Waals surface area contributed by atoms with Crippen molar-refractivity contribution in [2.75, 3.05) is 13.1 Å². The van der Waals surface area contributed by atoms with Crippen molar-refractivity contribution in [3.05, 3.63) is 40.7 Å². The van der Waals surface area contributed by atoms with E-state index in [-0.39, 0.29) is 11.9 Å². The number of thiophene rings is 1. The van der Waals surface area contributed by atoms with Gasteiger partial charge in [-0.05, 0) is 24.3 Å². The third-order valence-electron chi connectivity index (χ3n) is 4.50. The van der Waals surface area contributed by atoms with Crippen LogP contribution >= 0.6 is 11.3 Å². The van der Waals surface area contributed by atoms with Gasteiger partial charge in [-0.2, -0.15) is 21.4 Å². The number of nitrogens with one attached hydrogen (secondary N) is 1. The SMILES string of the molecule is Cn1cc(C(=O)NC2CCN(Cc3nc(-c4ccsc4)no3)CC2)cn1. The van der Waals surface area contributed by atoms with Crippen molar-refractivity contribution in [2.45, 2.75) is 25.4 Å². The minimum Gasteiger partial charge on any atom is -0.349 e. The van der Waals surface area contributed by atoms with Crippen LogP contribution in [-0.2, 0) is 13.6 Å². The first-order chi connectivity index (χ1) is 12.7. The summed E-state index contributed by atoms with van der Waals surface area (Å²) in [6, 6.07) is 2.17. The molecule has 0 aromatic carbocycles. The van der Waals surface area contributed by atoms with Crippen LogP contribution in [-0.4, -0.2) is 49.9 Å². The highest BCUT2D eigenvalue weighted by Gasteiger charge is 2.23. The Morgan fingerprint density at radius 1 is 1.42 bits per heavy atom. The Hall–Kier alpha value is -2.52. The number of hydrogen-bond acceptors (Lipinski definition) is 7. The van der Waals surface area contributed by atoms with E-state index in [0.717, 1.165) is 31.5 Å². The van der Waals surface area contributed by atoms with Crippen molar-refractivity contribution < 1.29 is 9.32 Å². The molecule has 4 rings (SSSR count). The zero-order valence-electron chi connectivity index (χ0n) is 14.5. The Bertz CT molecular complexity index is 864. The molecule has 1 fully saturated rings. The Kier molecular flexibility index (Phi) is 4.81. The summed E-state index contributed by atoms with van der Waals surface area (Å²) in [5, 5.41) is 15.2. The fourth-order valence-corrected chi connectivity index (χ4v) is 3.70. The number of rotatable bonds is 5. The first kappa shape index (κ1) is 16.9. The molecule has 0 saturated carbocycles. The molecule has 0 radical (unpaired) electrons. The number of likely N-dealkylation sites (tertiary alicyclic amines) is 1. The van der Waals surface area contributed by atoms with Crippen molar-refractivity contribution in [3.63, 3.8) is 0 Å². The summed E-state index contributed by atoms with van der Waals surface area (Å²) in [4.78, 5) is 18.9. The largest absolute Gasteiger partial charge is 0.349 e. The van der Waals surface area contributed by atoms with E-state index >= 15 is 0 Å². The lowest BCUT2D eigenvalue weighted by molar-refractivity contribution is 0.0904. The van der Waals surface area contributed by atoms with E-state index in [4.69, 9.17) is 4.52 Å². The zero-order valence-corrected chi connectivity index (χ0v) is 15.3. The Morgan fingerprint density at radius 3 is 2.96 bits per heavy atom. The normalized spacial score (nSPS) is 16.0.